The van der Waals surface area contributed by atoms with Crippen molar-refractivity contribution >= 4 is 17.7 Å². The maximum atomic E-state index is 11.1. The molecule has 3 nitrogen and oxygen atoms in total. The second kappa shape index (κ2) is 7.12. The summed E-state index contributed by atoms with van der Waals surface area (Å²) in [5.41, 5.74) is -0.714. The van der Waals surface area contributed by atoms with Crippen LogP contribution in [-0.4, -0.2) is 35.2 Å². The molecule has 0 aromatic rings. The number of likely N-dealkylation sites (N-methyl/N-ethyl adjacent to an activating group) is 1. The van der Waals surface area contributed by atoms with E-state index in [9.17, 15) is 4.79 Å². The highest BCUT2D eigenvalue weighted by molar-refractivity contribution is 7.99. The molecule has 0 aliphatic carbocycles. The fourth-order valence-corrected chi connectivity index (χ4v) is 2.10. The maximum absolute atomic E-state index is 11.1. The number of thioether (sulfide) groups is 1. The smallest absolute Gasteiger partial charge is 0.323 e. The van der Waals surface area contributed by atoms with E-state index in [1.807, 2.05) is 18.7 Å². The van der Waals surface area contributed by atoms with Crippen LogP contribution in [0.2, 0.25) is 0 Å². The first-order chi connectivity index (χ1) is 6.63. The van der Waals surface area contributed by atoms with Gasteiger partial charge in [0.2, 0.25) is 0 Å². The standard InChI is InChI=1S/C10H21NO2S/c1-4-10(11-3,9(12)13)7-6-8-14-5-2/h11H,4-8H2,1-3H3,(H,12,13). The van der Waals surface area contributed by atoms with Gasteiger partial charge in [0.1, 0.15) is 5.54 Å². The first-order valence-electron chi connectivity index (χ1n) is 5.13. The van der Waals surface area contributed by atoms with Gasteiger partial charge in [-0.2, -0.15) is 11.8 Å². The summed E-state index contributed by atoms with van der Waals surface area (Å²) in [5, 5.41) is 12.0. The number of hydrogen-bond acceptors (Lipinski definition) is 3. The van der Waals surface area contributed by atoms with Crippen LogP contribution >= 0.6 is 11.8 Å². The molecule has 1 unspecified atom stereocenters. The van der Waals surface area contributed by atoms with Gasteiger partial charge in [0.15, 0.2) is 0 Å². The van der Waals surface area contributed by atoms with E-state index in [0.717, 1.165) is 17.9 Å². The van der Waals surface area contributed by atoms with E-state index in [1.54, 1.807) is 7.05 Å². The average Bonchev–Trinajstić information content (AvgIpc) is 2.18. The third-order valence-electron chi connectivity index (χ3n) is 2.59. The third kappa shape index (κ3) is 3.88. The van der Waals surface area contributed by atoms with Gasteiger partial charge < -0.3 is 10.4 Å². The molecule has 14 heavy (non-hydrogen) atoms. The van der Waals surface area contributed by atoms with Crippen LogP contribution in [0.3, 0.4) is 0 Å². The topological polar surface area (TPSA) is 49.3 Å². The van der Waals surface area contributed by atoms with Crippen LogP contribution in [0.5, 0.6) is 0 Å². The molecule has 0 rings (SSSR count). The van der Waals surface area contributed by atoms with Crippen molar-refractivity contribution < 1.29 is 9.90 Å². The maximum Gasteiger partial charge on any atom is 0.323 e. The normalized spacial score (nSPS) is 15.1. The summed E-state index contributed by atoms with van der Waals surface area (Å²) >= 11 is 1.86. The Morgan fingerprint density at radius 2 is 2.14 bits per heavy atom. The number of carboxylic acid groups (broad SMARTS) is 1. The molecule has 0 fully saturated rings. The number of rotatable bonds is 8. The van der Waals surface area contributed by atoms with E-state index in [0.29, 0.717) is 12.8 Å². The predicted molar refractivity (Wildman–Crippen MR) is 62.0 cm³/mol. The molecule has 0 aliphatic heterocycles. The first-order valence-corrected chi connectivity index (χ1v) is 6.28. The fourth-order valence-electron chi connectivity index (χ4n) is 1.46. The zero-order valence-electron chi connectivity index (χ0n) is 9.30. The first kappa shape index (κ1) is 13.8. The number of carboxylic acids is 1. The summed E-state index contributed by atoms with van der Waals surface area (Å²) in [6, 6.07) is 0. The molecule has 0 bridgehead atoms. The van der Waals surface area contributed by atoms with Crippen molar-refractivity contribution in [3.05, 3.63) is 0 Å². The Hall–Kier alpha value is -0.220. The summed E-state index contributed by atoms with van der Waals surface area (Å²) < 4.78 is 0. The van der Waals surface area contributed by atoms with Gasteiger partial charge in [-0.15, -0.1) is 0 Å². The molecule has 0 amide bonds. The van der Waals surface area contributed by atoms with E-state index in [1.165, 1.54) is 0 Å². The molecule has 2 N–H and O–H groups in total. The third-order valence-corrected chi connectivity index (χ3v) is 3.57. The van der Waals surface area contributed by atoms with Gasteiger partial charge in [0.25, 0.3) is 0 Å². The zero-order chi connectivity index (χ0) is 11.0. The van der Waals surface area contributed by atoms with Crippen molar-refractivity contribution in [2.45, 2.75) is 38.6 Å². The summed E-state index contributed by atoms with van der Waals surface area (Å²) in [6.07, 6.45) is 2.30. The lowest BCUT2D eigenvalue weighted by molar-refractivity contribution is -0.145. The monoisotopic (exact) mass is 219 g/mol. The van der Waals surface area contributed by atoms with Crippen molar-refractivity contribution in [1.82, 2.24) is 5.32 Å². The van der Waals surface area contributed by atoms with Crippen LogP contribution in [0.4, 0.5) is 0 Å². The van der Waals surface area contributed by atoms with Gasteiger partial charge in [-0.1, -0.05) is 13.8 Å². The fraction of sp³-hybridized carbons (Fsp3) is 0.900. The second-order valence-electron chi connectivity index (χ2n) is 3.29. The van der Waals surface area contributed by atoms with Gasteiger partial charge >= 0.3 is 5.97 Å². The molecule has 84 valence electrons. The molecule has 0 spiro atoms. The van der Waals surface area contributed by atoms with E-state index < -0.39 is 11.5 Å². The van der Waals surface area contributed by atoms with Gasteiger partial charge in [-0.05, 0) is 37.8 Å². The van der Waals surface area contributed by atoms with E-state index >= 15 is 0 Å². The van der Waals surface area contributed by atoms with Gasteiger partial charge in [-0.3, -0.25) is 4.79 Å². The zero-order valence-corrected chi connectivity index (χ0v) is 10.1. The lowest BCUT2D eigenvalue weighted by atomic mass is 9.91. The molecule has 0 saturated heterocycles. The van der Waals surface area contributed by atoms with Crippen molar-refractivity contribution in [1.29, 1.82) is 0 Å². The van der Waals surface area contributed by atoms with E-state index in [2.05, 4.69) is 12.2 Å². The van der Waals surface area contributed by atoms with Crippen molar-refractivity contribution in [2.24, 2.45) is 0 Å². The number of nitrogens with one attached hydrogen (secondary N) is 1. The largest absolute Gasteiger partial charge is 0.480 e. The minimum atomic E-state index is -0.732. The van der Waals surface area contributed by atoms with Crippen LogP contribution < -0.4 is 5.32 Å². The van der Waals surface area contributed by atoms with Crippen molar-refractivity contribution in [3.8, 4) is 0 Å². The Morgan fingerprint density at radius 3 is 2.50 bits per heavy atom. The number of aliphatic carboxylic acids is 1. The van der Waals surface area contributed by atoms with Crippen LogP contribution in [0.15, 0.2) is 0 Å². The highest BCUT2D eigenvalue weighted by atomic mass is 32.2. The van der Waals surface area contributed by atoms with Crippen molar-refractivity contribution in [2.75, 3.05) is 18.6 Å². The van der Waals surface area contributed by atoms with Crippen LogP contribution in [0.1, 0.15) is 33.1 Å². The van der Waals surface area contributed by atoms with Gasteiger partial charge in [0.05, 0.1) is 0 Å². The lowest BCUT2D eigenvalue weighted by Gasteiger charge is -2.27. The highest BCUT2D eigenvalue weighted by Crippen LogP contribution is 2.19. The van der Waals surface area contributed by atoms with Gasteiger partial charge in [-0.25, -0.2) is 0 Å². The van der Waals surface area contributed by atoms with E-state index in [4.69, 9.17) is 5.11 Å². The predicted octanol–water partition coefficient (Wildman–Crippen LogP) is 1.97. The summed E-state index contributed by atoms with van der Waals surface area (Å²) in [6.45, 7) is 4.03. The molecule has 1 atom stereocenters. The van der Waals surface area contributed by atoms with Crippen LogP contribution in [-0.2, 0) is 4.79 Å². The molecule has 0 aromatic heterocycles. The van der Waals surface area contributed by atoms with Crippen molar-refractivity contribution in [3.63, 3.8) is 0 Å². The summed E-state index contributed by atoms with van der Waals surface area (Å²) in [4.78, 5) is 11.1. The number of carbonyl (C=O) groups is 1. The Morgan fingerprint density at radius 1 is 1.50 bits per heavy atom. The minimum Gasteiger partial charge on any atom is -0.480 e. The Labute approximate surface area is 90.7 Å². The molecule has 0 aliphatic rings. The van der Waals surface area contributed by atoms with E-state index in [-0.39, 0.29) is 0 Å². The average molecular weight is 219 g/mol. The Bertz CT molecular complexity index is 170. The summed E-state index contributed by atoms with van der Waals surface area (Å²) in [5.74, 6) is 1.42. The highest BCUT2D eigenvalue weighted by Gasteiger charge is 2.33. The molecule has 0 heterocycles. The molecule has 4 heteroatoms. The molecule has 0 saturated carbocycles. The summed E-state index contributed by atoms with van der Waals surface area (Å²) in [7, 11) is 1.73. The number of hydrogen-bond donors (Lipinski definition) is 2. The van der Waals surface area contributed by atoms with Crippen LogP contribution in [0.25, 0.3) is 0 Å². The Kier molecular flexibility index (Phi) is 7.01. The molecular formula is C10H21NO2S. The minimum absolute atomic E-state index is 0.635. The molecular weight excluding hydrogens is 198 g/mol. The van der Waals surface area contributed by atoms with Gasteiger partial charge in [0, 0.05) is 0 Å². The molecule has 0 radical (unpaired) electrons. The van der Waals surface area contributed by atoms with Crippen LogP contribution in [0, 0.1) is 0 Å². The SMILES string of the molecule is CCSCCCC(CC)(NC)C(=O)O. The Balaban J connectivity index is 4.02. The molecule has 0 aromatic carbocycles. The second-order valence-corrected chi connectivity index (χ2v) is 4.69. The lowest BCUT2D eigenvalue weighted by Crippen LogP contribution is -2.49. The quantitative estimate of drug-likeness (QED) is 0.613.